The summed E-state index contributed by atoms with van der Waals surface area (Å²) >= 11 is 0. The zero-order chi connectivity index (χ0) is 7.56. The number of benzene rings is 1. The van der Waals surface area contributed by atoms with Gasteiger partial charge >= 0.3 is 0 Å². The Labute approximate surface area is 61.3 Å². The smallest absolute Gasteiger partial charge is 0.124 e. The normalized spacial score (nSPS) is 13.0. The first-order valence-electron chi connectivity index (χ1n) is 2.79. The van der Waals surface area contributed by atoms with Crippen LogP contribution in [0.3, 0.4) is 0 Å². The second-order valence-corrected chi connectivity index (χ2v) is 3.29. The van der Waals surface area contributed by atoms with E-state index in [-0.39, 0.29) is 5.82 Å². The van der Waals surface area contributed by atoms with E-state index in [1.165, 1.54) is 18.4 Å². The van der Waals surface area contributed by atoms with Crippen LogP contribution in [0.1, 0.15) is 0 Å². The van der Waals surface area contributed by atoms with E-state index >= 15 is 0 Å². The molecule has 0 aliphatic carbocycles. The fraction of sp³-hybridized carbons (Fsp3) is 0.143. The zero-order valence-corrected chi connectivity index (χ0v) is 6.32. The average molecular weight is 158 g/mol. The van der Waals surface area contributed by atoms with Crippen LogP contribution in [0.4, 0.5) is 4.39 Å². The minimum Gasteiger partial charge on any atom is -0.255 e. The molecule has 54 valence electrons. The SMILES string of the molecule is C[S@@](=O)c1cccc(F)c1. The second-order valence-electron chi connectivity index (χ2n) is 1.91. The van der Waals surface area contributed by atoms with Gasteiger partial charge in [-0.1, -0.05) is 6.07 Å². The molecule has 1 nitrogen and oxygen atoms in total. The van der Waals surface area contributed by atoms with E-state index < -0.39 is 10.8 Å². The first-order chi connectivity index (χ1) is 4.70. The van der Waals surface area contributed by atoms with Gasteiger partial charge < -0.3 is 0 Å². The van der Waals surface area contributed by atoms with E-state index in [4.69, 9.17) is 0 Å². The summed E-state index contributed by atoms with van der Waals surface area (Å²) < 4.78 is 23.1. The number of halogens is 1. The van der Waals surface area contributed by atoms with Crippen molar-refractivity contribution < 1.29 is 8.60 Å². The van der Waals surface area contributed by atoms with Gasteiger partial charge in [-0.2, -0.15) is 0 Å². The Morgan fingerprint density at radius 1 is 1.50 bits per heavy atom. The van der Waals surface area contributed by atoms with Crippen molar-refractivity contribution in [3.63, 3.8) is 0 Å². The maximum atomic E-state index is 12.4. The summed E-state index contributed by atoms with van der Waals surface area (Å²) in [6.45, 7) is 0. The molecule has 1 atom stereocenters. The predicted molar refractivity (Wildman–Crippen MR) is 38.7 cm³/mol. The van der Waals surface area contributed by atoms with Gasteiger partial charge in [-0.3, -0.25) is 4.21 Å². The van der Waals surface area contributed by atoms with E-state index in [2.05, 4.69) is 0 Å². The van der Waals surface area contributed by atoms with E-state index in [1.54, 1.807) is 12.1 Å². The average Bonchev–Trinajstić information content (AvgIpc) is 1.88. The minimum atomic E-state index is -1.08. The molecule has 0 aliphatic rings. The number of hydrogen-bond acceptors (Lipinski definition) is 1. The lowest BCUT2D eigenvalue weighted by Gasteiger charge is -1.93. The highest BCUT2D eigenvalue weighted by Crippen LogP contribution is 2.05. The van der Waals surface area contributed by atoms with Gasteiger partial charge in [0.1, 0.15) is 5.82 Å². The molecule has 3 heteroatoms. The molecule has 0 bridgehead atoms. The van der Waals surface area contributed by atoms with Crippen LogP contribution >= 0.6 is 0 Å². The maximum absolute atomic E-state index is 12.4. The van der Waals surface area contributed by atoms with Crippen molar-refractivity contribution >= 4 is 10.8 Å². The van der Waals surface area contributed by atoms with Gasteiger partial charge in [-0.25, -0.2) is 4.39 Å². The Morgan fingerprint density at radius 3 is 2.60 bits per heavy atom. The van der Waals surface area contributed by atoms with E-state index in [9.17, 15) is 8.60 Å². The lowest BCUT2D eigenvalue weighted by molar-refractivity contribution is 0.623. The highest BCUT2D eigenvalue weighted by atomic mass is 32.2. The van der Waals surface area contributed by atoms with Gasteiger partial charge in [0.15, 0.2) is 0 Å². The van der Waals surface area contributed by atoms with E-state index in [1.807, 2.05) is 0 Å². The molecule has 0 radical (unpaired) electrons. The molecule has 0 heterocycles. The van der Waals surface area contributed by atoms with Crippen molar-refractivity contribution in [2.24, 2.45) is 0 Å². The predicted octanol–water partition coefficient (Wildman–Crippen LogP) is 1.56. The lowest BCUT2D eigenvalue weighted by Crippen LogP contribution is -1.86. The van der Waals surface area contributed by atoms with Crippen LogP contribution < -0.4 is 0 Å². The van der Waals surface area contributed by atoms with E-state index in [0.29, 0.717) is 4.90 Å². The zero-order valence-electron chi connectivity index (χ0n) is 5.50. The van der Waals surface area contributed by atoms with Crippen molar-refractivity contribution in [2.45, 2.75) is 4.90 Å². The van der Waals surface area contributed by atoms with Gasteiger partial charge in [0.25, 0.3) is 0 Å². The molecule has 1 aromatic rings. The summed E-state index contributed by atoms with van der Waals surface area (Å²) in [5, 5.41) is 0. The topological polar surface area (TPSA) is 17.1 Å². The Bertz CT molecular complexity index is 260. The number of hydrogen-bond donors (Lipinski definition) is 0. The van der Waals surface area contributed by atoms with Crippen LogP contribution in [-0.2, 0) is 10.8 Å². The second kappa shape index (κ2) is 2.92. The van der Waals surface area contributed by atoms with E-state index in [0.717, 1.165) is 0 Å². The Hall–Kier alpha value is -0.700. The molecule has 1 rings (SSSR count). The van der Waals surface area contributed by atoms with Crippen LogP contribution in [-0.4, -0.2) is 10.5 Å². The summed E-state index contributed by atoms with van der Waals surface area (Å²) in [5.74, 6) is -0.340. The molecular weight excluding hydrogens is 151 g/mol. The fourth-order valence-corrected chi connectivity index (χ4v) is 1.19. The van der Waals surface area contributed by atoms with Crippen molar-refractivity contribution in [1.29, 1.82) is 0 Å². The highest BCUT2D eigenvalue weighted by Gasteiger charge is 1.96. The molecule has 0 fully saturated rings. The maximum Gasteiger partial charge on any atom is 0.124 e. The van der Waals surface area contributed by atoms with Gasteiger partial charge in [0, 0.05) is 22.0 Å². The van der Waals surface area contributed by atoms with Gasteiger partial charge in [-0.15, -0.1) is 0 Å². The third-order valence-corrected chi connectivity index (χ3v) is 2.05. The largest absolute Gasteiger partial charge is 0.255 e. The summed E-state index contributed by atoms with van der Waals surface area (Å²) in [6.07, 6.45) is 1.52. The summed E-state index contributed by atoms with van der Waals surface area (Å²) in [7, 11) is -1.08. The molecule has 0 aliphatic heterocycles. The number of rotatable bonds is 1. The Kier molecular flexibility index (Phi) is 2.17. The molecule has 0 N–H and O–H groups in total. The molecule has 0 aromatic heterocycles. The van der Waals surface area contributed by atoms with Crippen molar-refractivity contribution in [1.82, 2.24) is 0 Å². The first kappa shape index (κ1) is 7.41. The third-order valence-electron chi connectivity index (χ3n) is 1.13. The van der Waals surface area contributed by atoms with Crippen molar-refractivity contribution in [3.05, 3.63) is 30.1 Å². The molecule has 0 spiro atoms. The Morgan fingerprint density at radius 2 is 2.20 bits per heavy atom. The van der Waals surface area contributed by atoms with Crippen LogP contribution in [0.25, 0.3) is 0 Å². The molecule has 0 amide bonds. The van der Waals surface area contributed by atoms with Crippen LogP contribution in [0.15, 0.2) is 29.2 Å². The van der Waals surface area contributed by atoms with Crippen LogP contribution in [0, 0.1) is 5.82 Å². The summed E-state index contributed by atoms with van der Waals surface area (Å²) in [4.78, 5) is 0.528. The fourth-order valence-electron chi connectivity index (χ4n) is 0.646. The third kappa shape index (κ3) is 1.64. The van der Waals surface area contributed by atoms with Crippen molar-refractivity contribution in [2.75, 3.05) is 6.26 Å². The lowest BCUT2D eigenvalue weighted by atomic mass is 10.4. The minimum absolute atomic E-state index is 0.340. The van der Waals surface area contributed by atoms with Gasteiger partial charge in [0.2, 0.25) is 0 Å². The Balaban J connectivity index is 3.07. The standard InChI is InChI=1S/C7H7FOS/c1-10(9)7-4-2-3-6(8)5-7/h2-5H,1H3/t10-/m1/s1. The highest BCUT2D eigenvalue weighted by molar-refractivity contribution is 7.84. The summed E-state index contributed by atoms with van der Waals surface area (Å²) in [6, 6.07) is 5.79. The molecule has 10 heavy (non-hydrogen) atoms. The molecular formula is C7H7FOS. The molecule has 1 aromatic carbocycles. The first-order valence-corrected chi connectivity index (χ1v) is 4.35. The van der Waals surface area contributed by atoms with Gasteiger partial charge in [0.05, 0.1) is 0 Å². The van der Waals surface area contributed by atoms with Crippen LogP contribution in [0.2, 0.25) is 0 Å². The molecule has 0 unspecified atom stereocenters. The molecule has 0 saturated carbocycles. The van der Waals surface area contributed by atoms with Crippen molar-refractivity contribution in [3.8, 4) is 0 Å². The quantitative estimate of drug-likeness (QED) is 0.606. The van der Waals surface area contributed by atoms with Gasteiger partial charge in [-0.05, 0) is 18.2 Å². The van der Waals surface area contributed by atoms with Crippen LogP contribution in [0.5, 0.6) is 0 Å². The monoisotopic (exact) mass is 158 g/mol. The summed E-state index contributed by atoms with van der Waals surface area (Å²) in [5.41, 5.74) is 0. The molecule has 0 saturated heterocycles.